The number of hydrogen-bond donors (Lipinski definition) is 0. The lowest BCUT2D eigenvalue weighted by Crippen LogP contribution is -2.10. The fourth-order valence-electron chi connectivity index (χ4n) is 0.577. The molecule has 0 aliphatic rings. The third-order valence-corrected chi connectivity index (χ3v) is 4.48. The summed E-state index contributed by atoms with van der Waals surface area (Å²) in [7, 11) is -2.72. The van der Waals surface area contributed by atoms with Gasteiger partial charge >= 0.3 is 0 Å². The van der Waals surface area contributed by atoms with Gasteiger partial charge in [0, 0.05) is 11.5 Å². The highest BCUT2D eigenvalue weighted by molar-refractivity contribution is 8.00. The van der Waals surface area contributed by atoms with Crippen LogP contribution in [-0.4, -0.2) is 31.4 Å². The summed E-state index contributed by atoms with van der Waals surface area (Å²) >= 11 is 1.72. The molecule has 4 heteroatoms. The van der Waals surface area contributed by atoms with Crippen molar-refractivity contribution < 1.29 is 8.42 Å². The van der Waals surface area contributed by atoms with Gasteiger partial charge in [0.05, 0.1) is 5.75 Å². The molecule has 0 N–H and O–H groups in total. The predicted octanol–water partition coefficient (Wildman–Crippen LogP) is 1.56. The SMILES string of the molecule is CCCSCCS(=O)(=O)CC. The zero-order chi connectivity index (χ0) is 8.74. The summed E-state index contributed by atoms with van der Waals surface area (Å²) in [5, 5.41) is 0. The molecule has 0 atom stereocenters. The van der Waals surface area contributed by atoms with Crippen LogP contribution < -0.4 is 0 Å². The van der Waals surface area contributed by atoms with Crippen molar-refractivity contribution in [3.8, 4) is 0 Å². The summed E-state index contributed by atoms with van der Waals surface area (Å²) in [6, 6.07) is 0. The largest absolute Gasteiger partial charge is 0.229 e. The first-order valence-electron chi connectivity index (χ1n) is 3.90. The highest BCUT2D eigenvalue weighted by atomic mass is 32.2. The van der Waals surface area contributed by atoms with Crippen LogP contribution in [0.4, 0.5) is 0 Å². The van der Waals surface area contributed by atoms with Gasteiger partial charge in [0.15, 0.2) is 9.84 Å². The first-order valence-corrected chi connectivity index (χ1v) is 6.88. The Hall–Kier alpha value is 0.300. The molecule has 68 valence electrons. The van der Waals surface area contributed by atoms with Crippen LogP contribution in [0.25, 0.3) is 0 Å². The average molecular weight is 196 g/mol. The normalized spacial score (nSPS) is 11.8. The molecule has 0 heterocycles. The summed E-state index contributed by atoms with van der Waals surface area (Å²) in [4.78, 5) is 0. The van der Waals surface area contributed by atoms with Crippen LogP contribution in [0, 0.1) is 0 Å². The number of hydrogen-bond acceptors (Lipinski definition) is 3. The van der Waals surface area contributed by atoms with Gasteiger partial charge in [0.25, 0.3) is 0 Å². The van der Waals surface area contributed by atoms with Crippen LogP contribution in [0.3, 0.4) is 0 Å². The van der Waals surface area contributed by atoms with Gasteiger partial charge in [-0.05, 0) is 12.2 Å². The van der Waals surface area contributed by atoms with E-state index in [-0.39, 0.29) is 5.75 Å². The third-order valence-electron chi connectivity index (χ3n) is 1.33. The molecule has 0 saturated heterocycles. The Bertz CT molecular complexity index is 173. The summed E-state index contributed by atoms with van der Waals surface area (Å²) < 4.78 is 21.9. The van der Waals surface area contributed by atoms with Crippen molar-refractivity contribution in [3.05, 3.63) is 0 Å². The second-order valence-electron chi connectivity index (χ2n) is 2.35. The second kappa shape index (κ2) is 5.89. The van der Waals surface area contributed by atoms with Crippen molar-refractivity contribution in [1.82, 2.24) is 0 Å². The fraction of sp³-hybridized carbons (Fsp3) is 1.00. The summed E-state index contributed by atoms with van der Waals surface area (Å²) in [6.07, 6.45) is 1.12. The Morgan fingerprint density at radius 3 is 2.27 bits per heavy atom. The molecule has 2 nitrogen and oxygen atoms in total. The Labute approximate surface area is 73.7 Å². The molecule has 0 saturated carbocycles. The molecule has 11 heavy (non-hydrogen) atoms. The molecule has 0 aromatic heterocycles. The molecule has 0 amide bonds. The molecular weight excluding hydrogens is 180 g/mol. The van der Waals surface area contributed by atoms with E-state index in [4.69, 9.17) is 0 Å². The number of rotatable bonds is 6. The van der Waals surface area contributed by atoms with Crippen molar-refractivity contribution in [3.63, 3.8) is 0 Å². The molecule has 0 aliphatic heterocycles. The maximum absolute atomic E-state index is 10.9. The van der Waals surface area contributed by atoms with Gasteiger partial charge in [0.1, 0.15) is 0 Å². The molecule has 0 unspecified atom stereocenters. The van der Waals surface area contributed by atoms with E-state index >= 15 is 0 Å². The smallest absolute Gasteiger partial charge is 0.150 e. The van der Waals surface area contributed by atoms with E-state index in [1.165, 1.54) is 0 Å². The van der Waals surface area contributed by atoms with E-state index in [2.05, 4.69) is 6.92 Å². The van der Waals surface area contributed by atoms with E-state index in [9.17, 15) is 8.42 Å². The van der Waals surface area contributed by atoms with Gasteiger partial charge < -0.3 is 0 Å². The zero-order valence-corrected chi connectivity index (χ0v) is 8.80. The van der Waals surface area contributed by atoms with E-state index in [1.807, 2.05) is 0 Å². The second-order valence-corrected chi connectivity index (χ2v) is 6.05. The quantitative estimate of drug-likeness (QED) is 0.605. The zero-order valence-electron chi connectivity index (χ0n) is 7.17. The predicted molar refractivity (Wildman–Crippen MR) is 51.9 cm³/mol. The van der Waals surface area contributed by atoms with E-state index in [0.717, 1.165) is 17.9 Å². The molecule has 0 aromatic carbocycles. The standard InChI is InChI=1S/C7H16O2S2/c1-3-5-10-6-7-11(8,9)4-2/h3-7H2,1-2H3. The van der Waals surface area contributed by atoms with Crippen LogP contribution in [0.5, 0.6) is 0 Å². The monoisotopic (exact) mass is 196 g/mol. The molecule has 0 radical (unpaired) electrons. The first-order chi connectivity index (χ1) is 5.12. The highest BCUT2D eigenvalue weighted by Crippen LogP contribution is 2.03. The van der Waals surface area contributed by atoms with Crippen LogP contribution in [0.2, 0.25) is 0 Å². The van der Waals surface area contributed by atoms with Gasteiger partial charge in [-0.1, -0.05) is 13.8 Å². The van der Waals surface area contributed by atoms with Crippen molar-refractivity contribution in [2.24, 2.45) is 0 Å². The fourth-order valence-corrected chi connectivity index (χ4v) is 2.85. The lowest BCUT2D eigenvalue weighted by molar-refractivity contribution is 0.599. The molecule has 0 spiro atoms. The van der Waals surface area contributed by atoms with Crippen LogP contribution in [-0.2, 0) is 9.84 Å². The molecular formula is C7H16O2S2. The van der Waals surface area contributed by atoms with Crippen LogP contribution in [0.1, 0.15) is 20.3 Å². The highest BCUT2D eigenvalue weighted by Gasteiger charge is 2.05. The molecule has 0 aromatic rings. The first kappa shape index (κ1) is 11.3. The number of thioether (sulfide) groups is 1. The Kier molecular flexibility index (Phi) is 6.05. The van der Waals surface area contributed by atoms with Crippen LogP contribution >= 0.6 is 11.8 Å². The molecule has 0 bridgehead atoms. The van der Waals surface area contributed by atoms with Crippen molar-refractivity contribution in [2.75, 3.05) is 23.0 Å². The molecule has 0 aliphatic carbocycles. The summed E-state index contributed by atoms with van der Waals surface area (Å²) in [6.45, 7) is 3.79. The van der Waals surface area contributed by atoms with Gasteiger partial charge in [-0.3, -0.25) is 0 Å². The minimum atomic E-state index is -2.72. The van der Waals surface area contributed by atoms with Gasteiger partial charge in [-0.15, -0.1) is 0 Å². The van der Waals surface area contributed by atoms with Crippen LogP contribution in [0.15, 0.2) is 0 Å². The van der Waals surface area contributed by atoms with E-state index in [0.29, 0.717) is 5.75 Å². The number of sulfone groups is 1. The Morgan fingerprint density at radius 1 is 1.18 bits per heavy atom. The minimum absolute atomic E-state index is 0.277. The summed E-state index contributed by atoms with van der Waals surface area (Å²) in [5.41, 5.74) is 0. The lowest BCUT2D eigenvalue weighted by Gasteiger charge is -1.99. The minimum Gasteiger partial charge on any atom is -0.229 e. The topological polar surface area (TPSA) is 34.1 Å². The van der Waals surface area contributed by atoms with E-state index < -0.39 is 9.84 Å². The van der Waals surface area contributed by atoms with Gasteiger partial charge in [-0.25, -0.2) is 8.42 Å². The average Bonchev–Trinajstić information content (AvgIpc) is 1.99. The third kappa shape index (κ3) is 6.69. The Balaban J connectivity index is 3.39. The van der Waals surface area contributed by atoms with Crippen molar-refractivity contribution in [1.29, 1.82) is 0 Å². The van der Waals surface area contributed by atoms with Crippen molar-refractivity contribution in [2.45, 2.75) is 20.3 Å². The van der Waals surface area contributed by atoms with Gasteiger partial charge in [0.2, 0.25) is 0 Å². The van der Waals surface area contributed by atoms with Crippen molar-refractivity contribution >= 4 is 21.6 Å². The Morgan fingerprint density at radius 2 is 1.82 bits per heavy atom. The summed E-state index contributed by atoms with van der Waals surface area (Å²) in [5.74, 6) is 2.44. The molecule has 0 fully saturated rings. The van der Waals surface area contributed by atoms with Gasteiger partial charge in [-0.2, -0.15) is 11.8 Å². The molecule has 0 rings (SSSR count). The lowest BCUT2D eigenvalue weighted by atomic mass is 10.6. The maximum Gasteiger partial charge on any atom is 0.150 e. The maximum atomic E-state index is 10.9. The van der Waals surface area contributed by atoms with E-state index in [1.54, 1.807) is 18.7 Å².